The Kier molecular flexibility index (Phi) is 3.61. The Morgan fingerprint density at radius 3 is 2.64 bits per heavy atom. The number of ether oxygens (including phenoxy) is 1. The van der Waals surface area contributed by atoms with Gasteiger partial charge in [0, 0.05) is 12.7 Å². The SMILES string of the molecule is COc1cc(C)c(N(C)CO)cc1Cl. The number of rotatable bonds is 3. The van der Waals surface area contributed by atoms with Crippen LogP contribution in [0.5, 0.6) is 5.75 Å². The van der Waals surface area contributed by atoms with Crippen LogP contribution in [0.25, 0.3) is 0 Å². The zero-order valence-electron chi connectivity index (χ0n) is 8.54. The minimum absolute atomic E-state index is 0.0382. The van der Waals surface area contributed by atoms with Gasteiger partial charge in [0.2, 0.25) is 0 Å². The Morgan fingerprint density at radius 2 is 2.14 bits per heavy atom. The Balaban J connectivity index is 3.14. The largest absolute Gasteiger partial charge is 0.495 e. The van der Waals surface area contributed by atoms with Crippen molar-refractivity contribution in [3.8, 4) is 5.75 Å². The molecule has 0 spiro atoms. The van der Waals surface area contributed by atoms with Gasteiger partial charge in [0.05, 0.1) is 12.1 Å². The molecule has 1 rings (SSSR count). The van der Waals surface area contributed by atoms with Crippen LogP contribution in [0.2, 0.25) is 5.02 Å². The fourth-order valence-corrected chi connectivity index (χ4v) is 1.52. The fourth-order valence-electron chi connectivity index (χ4n) is 1.29. The van der Waals surface area contributed by atoms with Crippen molar-refractivity contribution in [2.24, 2.45) is 0 Å². The Hall–Kier alpha value is -0.930. The van der Waals surface area contributed by atoms with Crippen LogP contribution < -0.4 is 9.64 Å². The summed E-state index contributed by atoms with van der Waals surface area (Å²) >= 11 is 5.97. The second kappa shape index (κ2) is 4.53. The van der Waals surface area contributed by atoms with E-state index in [0.29, 0.717) is 10.8 Å². The highest BCUT2D eigenvalue weighted by molar-refractivity contribution is 6.32. The molecule has 14 heavy (non-hydrogen) atoms. The lowest BCUT2D eigenvalue weighted by Crippen LogP contribution is -2.18. The maximum Gasteiger partial charge on any atom is 0.137 e. The van der Waals surface area contributed by atoms with Crippen LogP contribution in [0.4, 0.5) is 5.69 Å². The maximum absolute atomic E-state index is 8.98. The van der Waals surface area contributed by atoms with Crippen molar-refractivity contribution in [3.63, 3.8) is 0 Å². The second-order valence-electron chi connectivity index (χ2n) is 3.11. The highest BCUT2D eigenvalue weighted by Gasteiger charge is 2.08. The van der Waals surface area contributed by atoms with Gasteiger partial charge >= 0.3 is 0 Å². The first-order valence-electron chi connectivity index (χ1n) is 4.26. The zero-order chi connectivity index (χ0) is 10.7. The molecule has 78 valence electrons. The van der Waals surface area contributed by atoms with E-state index in [0.717, 1.165) is 11.3 Å². The van der Waals surface area contributed by atoms with Crippen molar-refractivity contribution < 1.29 is 9.84 Å². The molecule has 0 aliphatic heterocycles. The summed E-state index contributed by atoms with van der Waals surface area (Å²) in [4.78, 5) is 1.71. The second-order valence-corrected chi connectivity index (χ2v) is 3.52. The van der Waals surface area contributed by atoms with Gasteiger partial charge in [-0.05, 0) is 24.6 Å². The van der Waals surface area contributed by atoms with Crippen LogP contribution in [0.3, 0.4) is 0 Å². The molecule has 0 bridgehead atoms. The number of hydrogen-bond acceptors (Lipinski definition) is 3. The normalized spacial score (nSPS) is 10.1. The predicted molar refractivity (Wildman–Crippen MR) is 58.2 cm³/mol. The molecule has 0 fully saturated rings. The predicted octanol–water partition coefficient (Wildman–Crippen LogP) is 2.04. The van der Waals surface area contributed by atoms with Crippen molar-refractivity contribution in [1.29, 1.82) is 0 Å². The van der Waals surface area contributed by atoms with Gasteiger partial charge < -0.3 is 14.7 Å². The molecule has 0 atom stereocenters. The summed E-state index contributed by atoms with van der Waals surface area (Å²) in [6.07, 6.45) is 0. The van der Waals surface area contributed by atoms with E-state index in [4.69, 9.17) is 21.4 Å². The molecule has 0 saturated carbocycles. The lowest BCUT2D eigenvalue weighted by Gasteiger charge is -2.19. The topological polar surface area (TPSA) is 32.7 Å². The standard InChI is InChI=1S/C10H14ClNO2/c1-7-4-10(14-3)8(11)5-9(7)12(2)6-13/h4-5,13H,6H2,1-3H3. The van der Waals surface area contributed by atoms with E-state index < -0.39 is 0 Å². The average molecular weight is 216 g/mol. The molecule has 1 aromatic carbocycles. The number of aliphatic hydroxyl groups is 1. The Bertz CT molecular complexity index is 328. The van der Waals surface area contributed by atoms with E-state index in [-0.39, 0.29) is 6.73 Å². The van der Waals surface area contributed by atoms with Crippen molar-refractivity contribution in [3.05, 3.63) is 22.7 Å². The molecular formula is C10H14ClNO2. The third kappa shape index (κ3) is 2.11. The zero-order valence-corrected chi connectivity index (χ0v) is 9.30. The molecule has 0 aliphatic rings. The highest BCUT2D eigenvalue weighted by Crippen LogP contribution is 2.31. The fraction of sp³-hybridized carbons (Fsp3) is 0.400. The Labute approximate surface area is 88.9 Å². The number of aryl methyl sites for hydroxylation is 1. The van der Waals surface area contributed by atoms with Crippen molar-refractivity contribution in [1.82, 2.24) is 0 Å². The molecular weight excluding hydrogens is 202 g/mol. The number of anilines is 1. The number of hydrogen-bond donors (Lipinski definition) is 1. The molecule has 3 nitrogen and oxygen atoms in total. The van der Waals surface area contributed by atoms with Gasteiger partial charge in [-0.25, -0.2) is 0 Å². The van der Waals surface area contributed by atoms with Crippen molar-refractivity contribution >= 4 is 17.3 Å². The van der Waals surface area contributed by atoms with Crippen LogP contribution in [-0.4, -0.2) is 26.0 Å². The number of aliphatic hydroxyl groups excluding tert-OH is 1. The molecule has 0 unspecified atom stereocenters. The number of halogens is 1. The van der Waals surface area contributed by atoms with Crippen LogP contribution in [0.1, 0.15) is 5.56 Å². The van der Waals surface area contributed by atoms with Gasteiger partial charge in [-0.1, -0.05) is 11.6 Å². The lowest BCUT2D eigenvalue weighted by atomic mass is 10.2. The molecule has 0 saturated heterocycles. The first-order valence-corrected chi connectivity index (χ1v) is 4.64. The van der Waals surface area contributed by atoms with Gasteiger partial charge in [0.15, 0.2) is 0 Å². The van der Waals surface area contributed by atoms with E-state index >= 15 is 0 Å². The molecule has 4 heteroatoms. The average Bonchev–Trinajstić information content (AvgIpc) is 2.19. The van der Waals surface area contributed by atoms with E-state index in [2.05, 4.69) is 0 Å². The molecule has 0 aromatic heterocycles. The highest BCUT2D eigenvalue weighted by atomic mass is 35.5. The lowest BCUT2D eigenvalue weighted by molar-refractivity contribution is 0.298. The molecule has 0 radical (unpaired) electrons. The summed E-state index contributed by atoms with van der Waals surface area (Å²) in [5, 5.41) is 9.53. The minimum Gasteiger partial charge on any atom is -0.495 e. The summed E-state index contributed by atoms with van der Waals surface area (Å²) in [7, 11) is 3.38. The van der Waals surface area contributed by atoms with Crippen molar-refractivity contribution in [2.45, 2.75) is 6.92 Å². The van der Waals surface area contributed by atoms with Gasteiger partial charge in [0.1, 0.15) is 12.5 Å². The van der Waals surface area contributed by atoms with E-state index in [1.54, 1.807) is 25.1 Å². The third-order valence-corrected chi connectivity index (χ3v) is 2.39. The van der Waals surface area contributed by atoms with Gasteiger partial charge in [-0.3, -0.25) is 0 Å². The van der Waals surface area contributed by atoms with Crippen LogP contribution in [-0.2, 0) is 0 Å². The summed E-state index contributed by atoms with van der Waals surface area (Å²) < 4.78 is 5.08. The summed E-state index contributed by atoms with van der Waals surface area (Å²) in [6, 6.07) is 3.63. The summed E-state index contributed by atoms with van der Waals surface area (Å²) in [6.45, 7) is 1.91. The van der Waals surface area contributed by atoms with Gasteiger partial charge in [-0.15, -0.1) is 0 Å². The number of benzene rings is 1. The molecule has 1 aromatic rings. The molecule has 0 heterocycles. The molecule has 0 amide bonds. The van der Waals surface area contributed by atoms with Gasteiger partial charge in [0.25, 0.3) is 0 Å². The van der Waals surface area contributed by atoms with E-state index in [1.165, 1.54) is 0 Å². The van der Waals surface area contributed by atoms with Crippen LogP contribution in [0.15, 0.2) is 12.1 Å². The Morgan fingerprint density at radius 1 is 1.50 bits per heavy atom. The number of nitrogens with zero attached hydrogens (tertiary/aromatic N) is 1. The maximum atomic E-state index is 8.98. The monoisotopic (exact) mass is 215 g/mol. The smallest absolute Gasteiger partial charge is 0.137 e. The van der Waals surface area contributed by atoms with Crippen molar-refractivity contribution in [2.75, 3.05) is 25.8 Å². The first-order chi connectivity index (χ1) is 6.60. The first kappa shape index (κ1) is 11.1. The van der Waals surface area contributed by atoms with Crippen LogP contribution in [0, 0.1) is 6.92 Å². The molecule has 1 N–H and O–H groups in total. The summed E-state index contributed by atoms with van der Waals surface area (Å²) in [5.74, 6) is 0.652. The summed E-state index contributed by atoms with van der Waals surface area (Å²) in [5.41, 5.74) is 1.92. The van der Waals surface area contributed by atoms with Gasteiger partial charge in [-0.2, -0.15) is 0 Å². The molecule has 0 aliphatic carbocycles. The third-order valence-electron chi connectivity index (χ3n) is 2.09. The van der Waals surface area contributed by atoms with E-state index in [9.17, 15) is 0 Å². The van der Waals surface area contributed by atoms with E-state index in [1.807, 2.05) is 13.0 Å². The quantitative estimate of drug-likeness (QED) is 0.784. The minimum atomic E-state index is -0.0382. The number of methoxy groups -OCH3 is 1. The van der Waals surface area contributed by atoms with Crippen LogP contribution >= 0.6 is 11.6 Å².